The molecule has 148 valence electrons. The van der Waals surface area contributed by atoms with Gasteiger partial charge in [-0.1, -0.05) is 19.3 Å². The third-order valence-corrected chi connectivity index (χ3v) is 6.02. The minimum Gasteiger partial charge on any atom is -0.379 e. The molecule has 3 heterocycles. The summed E-state index contributed by atoms with van der Waals surface area (Å²) in [6.07, 6.45) is 8.27. The molecule has 0 aromatic carbocycles. The first-order valence-electron chi connectivity index (χ1n) is 10.6. The summed E-state index contributed by atoms with van der Waals surface area (Å²) >= 11 is 0. The van der Waals surface area contributed by atoms with Gasteiger partial charge in [-0.05, 0) is 25.7 Å². The highest BCUT2D eigenvalue weighted by atomic mass is 16.5. The van der Waals surface area contributed by atoms with Crippen LogP contribution in [0.5, 0.6) is 0 Å². The maximum absolute atomic E-state index is 13.0. The molecule has 0 radical (unpaired) electrons. The fraction of sp³-hybridized carbons (Fsp3) is 0.900. The van der Waals surface area contributed by atoms with Crippen molar-refractivity contribution in [2.75, 3.05) is 59.0 Å². The van der Waals surface area contributed by atoms with Gasteiger partial charge in [0.25, 0.3) is 0 Å². The molecule has 0 N–H and O–H groups in total. The summed E-state index contributed by atoms with van der Waals surface area (Å²) in [5.41, 5.74) is 0. The van der Waals surface area contributed by atoms with Gasteiger partial charge in [-0.15, -0.1) is 0 Å². The van der Waals surface area contributed by atoms with Gasteiger partial charge < -0.3 is 14.5 Å². The van der Waals surface area contributed by atoms with Gasteiger partial charge in [-0.25, -0.2) is 0 Å². The molecular formula is C20H35N3O3. The first-order valence-corrected chi connectivity index (χ1v) is 10.6. The molecule has 6 heteroatoms. The first-order chi connectivity index (χ1) is 12.7. The quantitative estimate of drug-likeness (QED) is 0.745. The average Bonchev–Trinajstić information content (AvgIpc) is 2.63. The molecule has 1 atom stereocenters. The van der Waals surface area contributed by atoms with Crippen LogP contribution >= 0.6 is 0 Å². The number of morpholine rings is 1. The molecule has 0 aliphatic carbocycles. The number of carbonyl (C=O) groups is 2. The predicted octanol–water partition coefficient (Wildman–Crippen LogP) is 1.74. The van der Waals surface area contributed by atoms with E-state index >= 15 is 0 Å². The summed E-state index contributed by atoms with van der Waals surface area (Å²) in [6, 6.07) is 0. The summed E-state index contributed by atoms with van der Waals surface area (Å²) in [5.74, 6) is 0.525. The Labute approximate surface area is 157 Å². The standard InChI is InChI=1S/C20H35N3O3/c24-19-8-7-18(20(25)22-10-4-2-1-3-5-11-22)17-23(19)12-6-9-21-13-15-26-16-14-21/h18H,1-17H2. The van der Waals surface area contributed by atoms with Gasteiger partial charge in [-0.3, -0.25) is 14.5 Å². The maximum atomic E-state index is 13.0. The number of nitrogens with zero attached hydrogens (tertiary/aromatic N) is 3. The Morgan fingerprint density at radius 1 is 0.962 bits per heavy atom. The summed E-state index contributed by atoms with van der Waals surface area (Å²) in [4.78, 5) is 31.7. The number of ether oxygens (including phenoxy) is 1. The highest BCUT2D eigenvalue weighted by Gasteiger charge is 2.32. The molecule has 1 unspecified atom stereocenters. The Hall–Kier alpha value is -1.14. The van der Waals surface area contributed by atoms with Crippen molar-refractivity contribution in [2.45, 2.75) is 51.4 Å². The van der Waals surface area contributed by atoms with Crippen molar-refractivity contribution in [1.82, 2.24) is 14.7 Å². The lowest BCUT2D eigenvalue weighted by molar-refractivity contribution is -0.143. The normalized spacial score (nSPS) is 26.5. The predicted molar refractivity (Wildman–Crippen MR) is 101 cm³/mol. The molecule has 3 saturated heterocycles. The molecule has 3 rings (SSSR count). The largest absolute Gasteiger partial charge is 0.379 e. The molecule has 3 fully saturated rings. The Bertz CT molecular complexity index is 457. The van der Waals surface area contributed by atoms with Gasteiger partial charge in [0.05, 0.1) is 19.1 Å². The summed E-state index contributed by atoms with van der Waals surface area (Å²) in [5, 5.41) is 0. The van der Waals surface area contributed by atoms with E-state index in [0.717, 1.165) is 78.2 Å². The number of hydrogen-bond donors (Lipinski definition) is 0. The second-order valence-electron chi connectivity index (χ2n) is 7.98. The minimum absolute atomic E-state index is 0.00973. The van der Waals surface area contributed by atoms with E-state index in [0.29, 0.717) is 13.0 Å². The van der Waals surface area contributed by atoms with Crippen molar-refractivity contribution in [3.05, 3.63) is 0 Å². The lowest BCUT2D eigenvalue weighted by Crippen LogP contribution is -2.48. The molecule has 6 nitrogen and oxygen atoms in total. The van der Waals surface area contributed by atoms with Crippen LogP contribution in [0.4, 0.5) is 0 Å². The van der Waals surface area contributed by atoms with E-state index in [1.165, 1.54) is 19.3 Å². The molecule has 0 spiro atoms. The molecule has 26 heavy (non-hydrogen) atoms. The van der Waals surface area contributed by atoms with E-state index < -0.39 is 0 Å². The van der Waals surface area contributed by atoms with Crippen LogP contribution in [-0.2, 0) is 14.3 Å². The molecule has 3 aliphatic heterocycles. The SMILES string of the molecule is O=C1CCC(C(=O)N2CCCCCCC2)CN1CCCN1CCOCC1. The zero-order valence-electron chi connectivity index (χ0n) is 16.2. The van der Waals surface area contributed by atoms with Gasteiger partial charge in [-0.2, -0.15) is 0 Å². The molecule has 0 saturated carbocycles. The second-order valence-corrected chi connectivity index (χ2v) is 7.98. The van der Waals surface area contributed by atoms with Gasteiger partial charge >= 0.3 is 0 Å². The molecular weight excluding hydrogens is 330 g/mol. The van der Waals surface area contributed by atoms with Crippen LogP contribution in [0.15, 0.2) is 0 Å². The number of hydrogen-bond acceptors (Lipinski definition) is 4. The van der Waals surface area contributed by atoms with Gasteiger partial charge in [0.1, 0.15) is 0 Å². The van der Waals surface area contributed by atoms with E-state index in [2.05, 4.69) is 9.80 Å². The lowest BCUT2D eigenvalue weighted by atomic mass is 9.95. The Morgan fingerprint density at radius 3 is 2.38 bits per heavy atom. The van der Waals surface area contributed by atoms with Crippen LogP contribution in [0.1, 0.15) is 51.4 Å². The van der Waals surface area contributed by atoms with Crippen molar-refractivity contribution in [2.24, 2.45) is 5.92 Å². The molecule has 3 aliphatic rings. The molecule has 2 amide bonds. The Morgan fingerprint density at radius 2 is 1.65 bits per heavy atom. The first kappa shape index (κ1) is 19.6. The van der Waals surface area contributed by atoms with Crippen LogP contribution in [-0.4, -0.2) is 85.5 Å². The van der Waals surface area contributed by atoms with Crippen molar-refractivity contribution in [3.8, 4) is 0 Å². The lowest BCUT2D eigenvalue weighted by Gasteiger charge is -2.36. The minimum atomic E-state index is 0.00973. The number of amides is 2. The van der Waals surface area contributed by atoms with Crippen molar-refractivity contribution >= 4 is 11.8 Å². The van der Waals surface area contributed by atoms with Crippen LogP contribution in [0, 0.1) is 5.92 Å². The van der Waals surface area contributed by atoms with E-state index in [1.807, 2.05) is 4.90 Å². The average molecular weight is 366 g/mol. The zero-order chi connectivity index (χ0) is 18.2. The van der Waals surface area contributed by atoms with Gasteiger partial charge in [0.2, 0.25) is 11.8 Å². The van der Waals surface area contributed by atoms with E-state index in [4.69, 9.17) is 4.74 Å². The Kier molecular flexibility index (Phi) is 7.74. The van der Waals surface area contributed by atoms with E-state index in [1.54, 1.807) is 0 Å². The second kappa shape index (κ2) is 10.3. The number of piperidine rings is 1. The molecule has 0 aromatic rings. The third-order valence-electron chi connectivity index (χ3n) is 6.02. The molecule has 0 aromatic heterocycles. The van der Waals surface area contributed by atoms with Crippen molar-refractivity contribution in [3.63, 3.8) is 0 Å². The highest BCUT2D eigenvalue weighted by molar-refractivity contribution is 5.83. The summed E-state index contributed by atoms with van der Waals surface area (Å²) in [6.45, 7) is 7.83. The topological polar surface area (TPSA) is 53.1 Å². The third kappa shape index (κ3) is 5.68. The zero-order valence-corrected chi connectivity index (χ0v) is 16.2. The van der Waals surface area contributed by atoms with Crippen LogP contribution in [0.2, 0.25) is 0 Å². The monoisotopic (exact) mass is 365 g/mol. The number of likely N-dealkylation sites (tertiary alicyclic amines) is 2. The maximum Gasteiger partial charge on any atom is 0.227 e. The fourth-order valence-corrected chi connectivity index (χ4v) is 4.37. The van der Waals surface area contributed by atoms with Gasteiger partial charge in [0, 0.05) is 52.2 Å². The highest BCUT2D eigenvalue weighted by Crippen LogP contribution is 2.22. The van der Waals surface area contributed by atoms with Crippen LogP contribution < -0.4 is 0 Å². The van der Waals surface area contributed by atoms with Crippen LogP contribution in [0.25, 0.3) is 0 Å². The van der Waals surface area contributed by atoms with Gasteiger partial charge in [0.15, 0.2) is 0 Å². The van der Waals surface area contributed by atoms with Crippen molar-refractivity contribution in [1.29, 1.82) is 0 Å². The number of carbonyl (C=O) groups excluding carboxylic acids is 2. The van der Waals surface area contributed by atoms with Crippen molar-refractivity contribution < 1.29 is 14.3 Å². The summed E-state index contributed by atoms with van der Waals surface area (Å²) in [7, 11) is 0. The van der Waals surface area contributed by atoms with E-state index in [9.17, 15) is 9.59 Å². The smallest absolute Gasteiger partial charge is 0.227 e. The Balaban J connectivity index is 1.45. The van der Waals surface area contributed by atoms with Crippen LogP contribution in [0.3, 0.4) is 0 Å². The fourth-order valence-electron chi connectivity index (χ4n) is 4.37. The summed E-state index contributed by atoms with van der Waals surface area (Å²) < 4.78 is 5.38. The number of rotatable bonds is 5. The van der Waals surface area contributed by atoms with E-state index in [-0.39, 0.29) is 17.7 Å². The molecule has 0 bridgehead atoms.